The van der Waals surface area contributed by atoms with Gasteiger partial charge in [-0.3, -0.25) is 4.79 Å². The van der Waals surface area contributed by atoms with Crippen LogP contribution in [0.4, 0.5) is 0 Å². The van der Waals surface area contributed by atoms with Crippen LogP contribution in [-0.4, -0.2) is 25.9 Å². The summed E-state index contributed by atoms with van der Waals surface area (Å²) in [6.45, 7) is 4.09. The number of pyridine rings is 1. The minimum Gasteiger partial charge on any atom is -0.465 e. The lowest BCUT2D eigenvalue weighted by Gasteiger charge is -2.11. The van der Waals surface area contributed by atoms with E-state index in [2.05, 4.69) is 20.6 Å². The molecule has 1 amide bonds. The summed E-state index contributed by atoms with van der Waals surface area (Å²) in [5.74, 6) is 1.37. The zero-order valence-corrected chi connectivity index (χ0v) is 14.4. The Morgan fingerprint density at radius 1 is 1.15 bits per heavy atom. The van der Waals surface area contributed by atoms with Crippen molar-refractivity contribution in [3.63, 3.8) is 0 Å². The molecule has 3 heterocycles. The quantitative estimate of drug-likeness (QED) is 0.613. The molecule has 0 aliphatic carbocycles. The number of fused-ring (bicyclic) bond motifs is 1. The van der Waals surface area contributed by atoms with E-state index in [9.17, 15) is 4.79 Å². The highest BCUT2D eigenvalue weighted by Gasteiger charge is 2.16. The molecule has 0 bridgehead atoms. The average Bonchev–Trinajstić information content (AvgIpc) is 3.26. The molecule has 4 rings (SSSR count). The van der Waals surface area contributed by atoms with Gasteiger partial charge >= 0.3 is 0 Å². The van der Waals surface area contributed by atoms with Gasteiger partial charge in [0.1, 0.15) is 17.0 Å². The fraction of sp³-hybridized carbons (Fsp3) is 0.158. The number of benzene rings is 1. The standard InChI is InChI=1S/C19H17N5O2/c1-12-8-9-14(26-12)11-21-19(25)15-5-3-7-17(13(15)2)24-18-16(22-23-24)6-4-10-20-18/h3-10H,11H2,1-2H3,(H,21,25). The summed E-state index contributed by atoms with van der Waals surface area (Å²) >= 11 is 0. The summed E-state index contributed by atoms with van der Waals surface area (Å²) in [5.41, 5.74) is 3.50. The molecular weight excluding hydrogens is 330 g/mol. The van der Waals surface area contributed by atoms with Gasteiger partial charge in [0.25, 0.3) is 5.91 Å². The van der Waals surface area contributed by atoms with Crippen LogP contribution >= 0.6 is 0 Å². The van der Waals surface area contributed by atoms with E-state index in [0.29, 0.717) is 23.3 Å². The van der Waals surface area contributed by atoms with Gasteiger partial charge in [-0.15, -0.1) is 5.10 Å². The summed E-state index contributed by atoms with van der Waals surface area (Å²) in [6.07, 6.45) is 1.69. The van der Waals surface area contributed by atoms with E-state index in [0.717, 1.165) is 22.8 Å². The predicted octanol–water partition coefficient (Wildman–Crippen LogP) is 2.96. The Morgan fingerprint density at radius 3 is 2.85 bits per heavy atom. The molecule has 0 atom stereocenters. The first-order valence-corrected chi connectivity index (χ1v) is 8.23. The third kappa shape index (κ3) is 2.83. The molecule has 0 aliphatic rings. The number of nitrogens with one attached hydrogen (secondary N) is 1. The minimum atomic E-state index is -0.171. The highest BCUT2D eigenvalue weighted by Crippen LogP contribution is 2.20. The van der Waals surface area contributed by atoms with Gasteiger partial charge < -0.3 is 9.73 Å². The Labute approximate surface area is 149 Å². The molecule has 1 aromatic carbocycles. The molecule has 0 radical (unpaired) electrons. The summed E-state index contributed by atoms with van der Waals surface area (Å²) in [4.78, 5) is 17.0. The number of furan rings is 1. The fourth-order valence-corrected chi connectivity index (χ4v) is 2.87. The predicted molar refractivity (Wildman–Crippen MR) is 96.0 cm³/mol. The maximum absolute atomic E-state index is 12.6. The van der Waals surface area contributed by atoms with E-state index in [1.807, 2.05) is 50.2 Å². The van der Waals surface area contributed by atoms with E-state index in [-0.39, 0.29) is 5.91 Å². The Morgan fingerprint density at radius 2 is 2.04 bits per heavy atom. The second kappa shape index (κ2) is 6.44. The first-order chi connectivity index (χ1) is 12.6. The first kappa shape index (κ1) is 16.0. The van der Waals surface area contributed by atoms with Crippen LogP contribution in [0.25, 0.3) is 16.9 Å². The van der Waals surface area contributed by atoms with E-state index >= 15 is 0 Å². The number of nitrogens with zero attached hydrogens (tertiary/aromatic N) is 4. The number of amides is 1. The second-order valence-corrected chi connectivity index (χ2v) is 5.99. The zero-order valence-electron chi connectivity index (χ0n) is 14.4. The van der Waals surface area contributed by atoms with Gasteiger partial charge in [0.15, 0.2) is 5.65 Å². The smallest absolute Gasteiger partial charge is 0.252 e. The Balaban J connectivity index is 1.64. The number of hydrogen-bond donors (Lipinski definition) is 1. The van der Waals surface area contributed by atoms with E-state index < -0.39 is 0 Å². The SMILES string of the molecule is Cc1ccc(CNC(=O)c2cccc(-n3nnc4cccnc43)c2C)o1. The van der Waals surface area contributed by atoms with Crippen molar-refractivity contribution in [2.45, 2.75) is 20.4 Å². The van der Waals surface area contributed by atoms with Crippen LogP contribution in [0.15, 0.2) is 53.1 Å². The van der Waals surface area contributed by atoms with E-state index in [4.69, 9.17) is 4.42 Å². The van der Waals surface area contributed by atoms with Gasteiger partial charge in [0, 0.05) is 11.8 Å². The van der Waals surface area contributed by atoms with Crippen molar-refractivity contribution in [3.05, 3.63) is 71.3 Å². The van der Waals surface area contributed by atoms with Crippen LogP contribution in [0.2, 0.25) is 0 Å². The first-order valence-electron chi connectivity index (χ1n) is 8.23. The lowest BCUT2D eigenvalue weighted by atomic mass is 10.1. The van der Waals surface area contributed by atoms with Crippen molar-refractivity contribution in [2.24, 2.45) is 0 Å². The van der Waals surface area contributed by atoms with Gasteiger partial charge in [0.05, 0.1) is 12.2 Å². The van der Waals surface area contributed by atoms with Crippen LogP contribution in [-0.2, 0) is 6.54 Å². The van der Waals surface area contributed by atoms with Crippen molar-refractivity contribution in [3.8, 4) is 5.69 Å². The number of carbonyl (C=O) groups excluding carboxylic acids is 1. The minimum absolute atomic E-state index is 0.171. The van der Waals surface area contributed by atoms with Crippen molar-refractivity contribution >= 4 is 17.1 Å². The van der Waals surface area contributed by atoms with Gasteiger partial charge in [0.2, 0.25) is 0 Å². The van der Waals surface area contributed by atoms with Crippen molar-refractivity contribution in [1.29, 1.82) is 0 Å². The highest BCUT2D eigenvalue weighted by molar-refractivity contribution is 5.96. The molecule has 1 N–H and O–H groups in total. The summed E-state index contributed by atoms with van der Waals surface area (Å²) in [6, 6.07) is 12.9. The van der Waals surface area contributed by atoms with E-state index in [1.54, 1.807) is 16.9 Å². The maximum atomic E-state index is 12.6. The summed E-state index contributed by atoms with van der Waals surface area (Å²) in [7, 11) is 0. The molecule has 0 spiro atoms. The molecule has 0 saturated heterocycles. The second-order valence-electron chi connectivity index (χ2n) is 5.99. The number of carbonyl (C=O) groups is 1. The molecule has 0 fully saturated rings. The molecule has 3 aromatic heterocycles. The monoisotopic (exact) mass is 347 g/mol. The molecule has 4 aromatic rings. The normalized spacial score (nSPS) is 11.0. The van der Waals surface area contributed by atoms with E-state index in [1.165, 1.54) is 0 Å². The third-order valence-corrected chi connectivity index (χ3v) is 4.21. The Kier molecular flexibility index (Phi) is 3.96. The lowest BCUT2D eigenvalue weighted by Crippen LogP contribution is -2.23. The summed E-state index contributed by atoms with van der Waals surface area (Å²) in [5, 5.41) is 11.2. The number of rotatable bonds is 4. The van der Waals surface area contributed by atoms with Crippen LogP contribution in [0.5, 0.6) is 0 Å². The third-order valence-electron chi connectivity index (χ3n) is 4.21. The highest BCUT2D eigenvalue weighted by atomic mass is 16.3. The molecule has 7 heteroatoms. The van der Waals surface area contributed by atoms with Crippen LogP contribution < -0.4 is 5.32 Å². The fourth-order valence-electron chi connectivity index (χ4n) is 2.87. The Bertz CT molecular complexity index is 1100. The van der Waals surface area contributed by atoms with Gasteiger partial charge in [-0.2, -0.15) is 4.68 Å². The number of aryl methyl sites for hydroxylation is 1. The molecule has 0 aliphatic heterocycles. The van der Waals surface area contributed by atoms with Crippen LogP contribution in [0.3, 0.4) is 0 Å². The van der Waals surface area contributed by atoms with Gasteiger partial charge in [-0.25, -0.2) is 4.98 Å². The largest absolute Gasteiger partial charge is 0.465 e. The molecule has 7 nitrogen and oxygen atoms in total. The lowest BCUT2D eigenvalue weighted by molar-refractivity contribution is 0.0947. The maximum Gasteiger partial charge on any atom is 0.252 e. The average molecular weight is 347 g/mol. The van der Waals surface area contributed by atoms with Crippen molar-refractivity contribution in [2.75, 3.05) is 0 Å². The topological polar surface area (TPSA) is 85.8 Å². The summed E-state index contributed by atoms with van der Waals surface area (Å²) < 4.78 is 7.14. The molecule has 0 unspecified atom stereocenters. The molecule has 0 saturated carbocycles. The molecular formula is C19H17N5O2. The molecule has 26 heavy (non-hydrogen) atoms. The zero-order chi connectivity index (χ0) is 18.1. The van der Waals surface area contributed by atoms with Crippen molar-refractivity contribution < 1.29 is 9.21 Å². The number of aromatic nitrogens is 4. The van der Waals surface area contributed by atoms with Gasteiger partial charge in [-0.1, -0.05) is 11.3 Å². The Hall–Kier alpha value is -3.48. The van der Waals surface area contributed by atoms with Crippen LogP contribution in [0, 0.1) is 13.8 Å². The molecule has 130 valence electrons. The van der Waals surface area contributed by atoms with Gasteiger partial charge in [-0.05, 0) is 55.8 Å². The van der Waals surface area contributed by atoms with Crippen molar-refractivity contribution in [1.82, 2.24) is 25.3 Å². The van der Waals surface area contributed by atoms with Crippen LogP contribution in [0.1, 0.15) is 27.4 Å². The number of hydrogen-bond acceptors (Lipinski definition) is 5.